The standard InChI is InChI=1S/C10H11BrO4S/c1-14-9(13)10(6-12,15-2)8-7(5-11)3-4-16-8/h3-4,6H,5H2,1-2H3. The van der Waals surface area contributed by atoms with E-state index in [1.54, 1.807) is 5.38 Å². The molecule has 0 saturated heterocycles. The Bertz CT molecular complexity index is 390. The van der Waals surface area contributed by atoms with Crippen molar-refractivity contribution in [3.63, 3.8) is 0 Å². The molecule has 0 aliphatic rings. The first-order valence-corrected chi connectivity index (χ1v) is 6.39. The van der Waals surface area contributed by atoms with Crippen LogP contribution >= 0.6 is 27.3 Å². The second-order valence-electron chi connectivity index (χ2n) is 2.96. The van der Waals surface area contributed by atoms with Gasteiger partial charge in [-0.3, -0.25) is 4.79 Å². The van der Waals surface area contributed by atoms with Crippen LogP contribution in [0, 0.1) is 0 Å². The smallest absolute Gasteiger partial charge is 0.351 e. The summed E-state index contributed by atoms with van der Waals surface area (Å²) >= 11 is 4.58. The Balaban J connectivity index is 3.31. The lowest BCUT2D eigenvalue weighted by atomic mass is 10.0. The molecule has 1 aromatic rings. The first kappa shape index (κ1) is 13.3. The largest absolute Gasteiger partial charge is 0.466 e. The topological polar surface area (TPSA) is 52.6 Å². The normalized spacial score (nSPS) is 14.2. The number of thiophene rings is 1. The van der Waals surface area contributed by atoms with Gasteiger partial charge in [-0.15, -0.1) is 11.3 Å². The zero-order valence-electron chi connectivity index (χ0n) is 8.86. The molecule has 88 valence electrons. The minimum atomic E-state index is -1.65. The number of alkyl halides is 1. The summed E-state index contributed by atoms with van der Waals surface area (Å²) in [6, 6.07) is 1.83. The third-order valence-electron chi connectivity index (χ3n) is 2.20. The summed E-state index contributed by atoms with van der Waals surface area (Å²) in [5, 5.41) is 2.34. The Labute approximate surface area is 106 Å². The molecule has 16 heavy (non-hydrogen) atoms. The van der Waals surface area contributed by atoms with Gasteiger partial charge in [-0.2, -0.15) is 0 Å². The highest BCUT2D eigenvalue weighted by Crippen LogP contribution is 2.33. The third kappa shape index (κ3) is 2.05. The zero-order chi connectivity index (χ0) is 12.2. The second kappa shape index (κ2) is 5.56. The first-order valence-electron chi connectivity index (χ1n) is 4.39. The molecule has 6 heteroatoms. The van der Waals surface area contributed by atoms with Crippen LogP contribution in [0.2, 0.25) is 0 Å². The molecule has 1 unspecified atom stereocenters. The van der Waals surface area contributed by atoms with Crippen LogP contribution < -0.4 is 0 Å². The monoisotopic (exact) mass is 306 g/mol. The van der Waals surface area contributed by atoms with Gasteiger partial charge in [-0.25, -0.2) is 4.79 Å². The van der Waals surface area contributed by atoms with Crippen LogP contribution in [0.5, 0.6) is 0 Å². The van der Waals surface area contributed by atoms with Gasteiger partial charge in [0.2, 0.25) is 0 Å². The lowest BCUT2D eigenvalue weighted by molar-refractivity contribution is -0.168. The number of hydrogen-bond donors (Lipinski definition) is 0. The predicted octanol–water partition coefficient (Wildman–Crippen LogP) is 1.86. The van der Waals surface area contributed by atoms with E-state index in [-0.39, 0.29) is 0 Å². The highest BCUT2D eigenvalue weighted by Gasteiger charge is 2.44. The summed E-state index contributed by atoms with van der Waals surface area (Å²) in [4.78, 5) is 23.4. The lowest BCUT2D eigenvalue weighted by Crippen LogP contribution is -2.40. The number of carbonyl (C=O) groups is 2. The van der Waals surface area contributed by atoms with Gasteiger partial charge in [0, 0.05) is 12.4 Å². The molecule has 0 aromatic carbocycles. The molecule has 0 spiro atoms. The highest BCUT2D eigenvalue weighted by molar-refractivity contribution is 9.08. The van der Waals surface area contributed by atoms with Gasteiger partial charge in [-0.05, 0) is 17.0 Å². The average molecular weight is 307 g/mol. The fraction of sp³-hybridized carbons (Fsp3) is 0.400. The van der Waals surface area contributed by atoms with Gasteiger partial charge in [-0.1, -0.05) is 15.9 Å². The van der Waals surface area contributed by atoms with E-state index in [1.807, 2.05) is 6.07 Å². The molecule has 1 atom stereocenters. The Morgan fingerprint density at radius 3 is 2.75 bits per heavy atom. The number of carbonyl (C=O) groups excluding carboxylic acids is 2. The van der Waals surface area contributed by atoms with Crippen molar-refractivity contribution in [1.29, 1.82) is 0 Å². The highest BCUT2D eigenvalue weighted by atomic mass is 79.9. The number of rotatable bonds is 5. The van der Waals surface area contributed by atoms with Gasteiger partial charge >= 0.3 is 5.97 Å². The maximum absolute atomic E-state index is 11.7. The van der Waals surface area contributed by atoms with Crippen molar-refractivity contribution in [2.45, 2.75) is 10.9 Å². The Hall–Kier alpha value is -0.720. The molecule has 1 rings (SSSR count). The molecule has 0 aliphatic carbocycles. The van der Waals surface area contributed by atoms with Crippen LogP contribution in [-0.2, 0) is 30.0 Å². The number of methoxy groups -OCH3 is 2. The molecule has 0 radical (unpaired) electrons. The quantitative estimate of drug-likeness (QED) is 0.361. The lowest BCUT2D eigenvalue weighted by Gasteiger charge is -2.23. The van der Waals surface area contributed by atoms with Crippen LogP contribution in [-0.4, -0.2) is 26.5 Å². The van der Waals surface area contributed by atoms with Crippen molar-refractivity contribution < 1.29 is 19.1 Å². The molecular formula is C10H11BrO4S. The van der Waals surface area contributed by atoms with Crippen molar-refractivity contribution >= 4 is 39.5 Å². The minimum absolute atomic E-state index is 0.469. The van der Waals surface area contributed by atoms with Crippen molar-refractivity contribution in [2.75, 3.05) is 14.2 Å². The number of hydrogen-bond acceptors (Lipinski definition) is 5. The van der Waals surface area contributed by atoms with Crippen LogP contribution in [0.1, 0.15) is 10.4 Å². The molecule has 1 heterocycles. The summed E-state index contributed by atoms with van der Waals surface area (Å²) in [7, 11) is 2.53. The maximum atomic E-state index is 11.7. The number of halogens is 1. The van der Waals surface area contributed by atoms with Crippen molar-refractivity contribution in [3.05, 3.63) is 21.9 Å². The Kier molecular flexibility index (Phi) is 4.64. The van der Waals surface area contributed by atoms with E-state index in [4.69, 9.17) is 4.74 Å². The summed E-state index contributed by atoms with van der Waals surface area (Å²) in [5.74, 6) is -0.713. The van der Waals surface area contributed by atoms with Gasteiger partial charge < -0.3 is 9.47 Å². The second-order valence-corrected chi connectivity index (χ2v) is 4.43. The molecule has 0 N–H and O–H groups in total. The molecular weight excluding hydrogens is 296 g/mol. The number of ether oxygens (including phenoxy) is 2. The molecule has 0 amide bonds. The zero-order valence-corrected chi connectivity index (χ0v) is 11.3. The van der Waals surface area contributed by atoms with Gasteiger partial charge in [0.05, 0.1) is 12.0 Å². The third-order valence-corrected chi connectivity index (χ3v) is 3.88. The predicted molar refractivity (Wildman–Crippen MR) is 63.7 cm³/mol. The van der Waals surface area contributed by atoms with Crippen molar-refractivity contribution in [3.8, 4) is 0 Å². The number of esters is 1. The Morgan fingerprint density at radius 1 is 1.62 bits per heavy atom. The fourth-order valence-electron chi connectivity index (χ4n) is 1.34. The van der Waals surface area contributed by atoms with E-state index in [2.05, 4.69) is 20.7 Å². The van der Waals surface area contributed by atoms with Crippen LogP contribution in [0.3, 0.4) is 0 Å². The van der Waals surface area contributed by atoms with E-state index >= 15 is 0 Å². The van der Waals surface area contributed by atoms with Crippen molar-refractivity contribution in [1.82, 2.24) is 0 Å². The SMILES string of the molecule is COC(=O)C(C=O)(OC)c1sccc1CBr. The first-order chi connectivity index (χ1) is 7.66. The molecule has 0 aliphatic heterocycles. The molecule has 0 fully saturated rings. The van der Waals surface area contributed by atoms with E-state index in [9.17, 15) is 9.59 Å². The fourth-order valence-corrected chi connectivity index (χ4v) is 3.04. The number of aldehydes is 1. The van der Waals surface area contributed by atoms with Crippen LogP contribution in [0.4, 0.5) is 0 Å². The molecule has 1 aromatic heterocycles. The van der Waals surface area contributed by atoms with E-state index in [0.717, 1.165) is 5.56 Å². The average Bonchev–Trinajstić information content (AvgIpc) is 2.80. The molecule has 0 bridgehead atoms. The summed E-state index contributed by atoms with van der Waals surface area (Å²) in [6.45, 7) is 0. The van der Waals surface area contributed by atoms with E-state index < -0.39 is 11.6 Å². The van der Waals surface area contributed by atoms with E-state index in [1.165, 1.54) is 25.6 Å². The summed E-state index contributed by atoms with van der Waals surface area (Å²) in [5.41, 5.74) is -0.809. The van der Waals surface area contributed by atoms with Crippen LogP contribution in [0.15, 0.2) is 11.4 Å². The Morgan fingerprint density at radius 2 is 2.31 bits per heavy atom. The summed E-state index contributed by atoms with van der Waals surface area (Å²) < 4.78 is 9.69. The van der Waals surface area contributed by atoms with Crippen LogP contribution in [0.25, 0.3) is 0 Å². The minimum Gasteiger partial charge on any atom is -0.466 e. The molecule has 4 nitrogen and oxygen atoms in total. The molecule has 0 saturated carbocycles. The van der Waals surface area contributed by atoms with Gasteiger partial charge in [0.15, 0.2) is 6.29 Å². The van der Waals surface area contributed by atoms with E-state index in [0.29, 0.717) is 16.5 Å². The van der Waals surface area contributed by atoms with Gasteiger partial charge in [0.1, 0.15) is 0 Å². The summed E-state index contributed by atoms with van der Waals surface area (Å²) in [6.07, 6.45) is 0.469. The maximum Gasteiger partial charge on any atom is 0.351 e. The van der Waals surface area contributed by atoms with Gasteiger partial charge in [0.25, 0.3) is 5.60 Å². The van der Waals surface area contributed by atoms with Crippen molar-refractivity contribution in [2.24, 2.45) is 0 Å².